The second-order valence-corrected chi connectivity index (χ2v) is 2.39. The molecule has 6 heteroatoms. The third-order valence-corrected chi connectivity index (χ3v) is 1.38. The van der Waals surface area contributed by atoms with E-state index in [0.717, 1.165) is 0 Å². The molecule has 0 spiro atoms. The Morgan fingerprint density at radius 1 is 1.67 bits per heavy atom. The van der Waals surface area contributed by atoms with Crippen LogP contribution in [-0.4, -0.2) is 23.3 Å². The second-order valence-electron chi connectivity index (χ2n) is 1.33. The van der Waals surface area contributed by atoms with Gasteiger partial charge in [0.1, 0.15) is 0 Å². The van der Waals surface area contributed by atoms with Crippen molar-refractivity contribution in [1.82, 2.24) is 0 Å². The van der Waals surface area contributed by atoms with Crippen molar-refractivity contribution in [2.75, 3.05) is 6.54 Å². The number of ketones is 1. The summed E-state index contributed by atoms with van der Waals surface area (Å²) in [7, 11) is -3.08. The molecule has 0 heterocycles. The Morgan fingerprint density at radius 3 is 2.22 bits per heavy atom. The number of aliphatic hydroxyl groups excluding tert-OH is 1. The van der Waals surface area contributed by atoms with E-state index in [2.05, 4.69) is 0 Å². The van der Waals surface area contributed by atoms with Gasteiger partial charge in [0.05, 0.1) is 6.54 Å². The summed E-state index contributed by atoms with van der Waals surface area (Å²) in [5.74, 6) is -2.81. The van der Waals surface area contributed by atoms with Crippen LogP contribution in [-0.2, 0) is 13.9 Å². The minimum Gasteiger partial charge on any atom is -0.371 e. The van der Waals surface area contributed by atoms with Gasteiger partial charge in [0.15, 0.2) is 5.78 Å². The number of Topliss-reactive ketones (excluding diaryl/α,β-unsaturated/α-hetero) is 1. The molecule has 0 aromatic carbocycles. The van der Waals surface area contributed by atoms with E-state index in [1.807, 2.05) is 0 Å². The molecular weight excluding hydrogens is 145 g/mol. The van der Waals surface area contributed by atoms with Gasteiger partial charge in [-0.05, 0) is 0 Å². The van der Waals surface area contributed by atoms with E-state index in [4.69, 9.17) is 10.8 Å². The van der Waals surface area contributed by atoms with Crippen LogP contribution < -0.4 is 5.73 Å². The fourth-order valence-corrected chi connectivity index (χ4v) is 0.564. The first-order chi connectivity index (χ1) is 4.09. The number of hydrogen-bond donors (Lipinski definition) is 2. The average molecular weight is 151 g/mol. The number of carbonyl (C=O) groups is 1. The lowest BCUT2D eigenvalue weighted by Crippen LogP contribution is -2.23. The zero-order valence-corrected chi connectivity index (χ0v) is 5.38. The van der Waals surface area contributed by atoms with Crippen LogP contribution in [0.3, 0.4) is 0 Å². The Labute approximate surface area is 51.7 Å². The first kappa shape index (κ1) is 8.49. The van der Waals surface area contributed by atoms with Gasteiger partial charge in [-0.3, -0.25) is 4.79 Å². The summed E-state index contributed by atoms with van der Waals surface area (Å²) < 4.78 is 19.6. The first-order valence-electron chi connectivity index (χ1n) is 2.14. The number of nitrogens with two attached hydrogens (primary N) is 1. The van der Waals surface area contributed by atoms with Crippen molar-refractivity contribution in [3.05, 3.63) is 0 Å². The minimum atomic E-state index is -3.08. The zero-order valence-electron chi connectivity index (χ0n) is 4.48. The van der Waals surface area contributed by atoms with E-state index in [-0.39, 0.29) is 0 Å². The average Bonchev–Trinajstić information content (AvgIpc) is 1.84. The summed E-state index contributed by atoms with van der Waals surface area (Å²) in [5, 5.41) is 8.37. The van der Waals surface area contributed by atoms with Crippen LogP contribution in [0.15, 0.2) is 0 Å². The monoisotopic (exact) mass is 151 g/mol. The smallest absolute Gasteiger partial charge is 0.352 e. The lowest BCUT2D eigenvalue weighted by molar-refractivity contribution is -0.122. The Balaban J connectivity index is 4.04. The number of carbonyl (C=O) groups excluding carboxylic acids is 1. The van der Waals surface area contributed by atoms with Gasteiger partial charge < -0.3 is 10.8 Å². The van der Waals surface area contributed by atoms with Gasteiger partial charge in [0, 0.05) is 0 Å². The van der Waals surface area contributed by atoms with Crippen LogP contribution in [0.2, 0.25) is 0 Å². The molecule has 52 valence electrons. The maximum atomic E-state index is 10.2. The molecule has 1 unspecified atom stereocenters. The fourth-order valence-electron chi connectivity index (χ4n) is 0.223. The molecule has 1 atom stereocenters. The highest BCUT2D eigenvalue weighted by Gasteiger charge is 2.17. The second kappa shape index (κ2) is 3.50. The molecule has 0 saturated heterocycles. The Bertz CT molecular complexity index is 167. The normalized spacial score (nSPS) is 12.7. The fraction of sp³-hybridized carbons (Fsp3) is 0.667. The highest BCUT2D eigenvalue weighted by molar-refractivity contribution is 7.32. The molecule has 0 aliphatic rings. The first-order valence-corrected chi connectivity index (χ1v) is 3.38. The van der Waals surface area contributed by atoms with Crippen molar-refractivity contribution in [3.63, 3.8) is 0 Å². The topological polar surface area (TPSA) is 97.5 Å². The summed E-state index contributed by atoms with van der Waals surface area (Å²) in [6, 6.07) is 0. The van der Waals surface area contributed by atoms with E-state index in [1.54, 1.807) is 0 Å². The molecule has 0 radical (unpaired) electrons. The summed E-state index contributed by atoms with van der Waals surface area (Å²) in [6.07, 6.45) is 0. The Kier molecular flexibility index (Phi) is 3.30. The van der Waals surface area contributed by atoms with Crippen LogP contribution in [0.25, 0.3) is 0 Å². The van der Waals surface area contributed by atoms with Crippen molar-refractivity contribution in [3.8, 4) is 0 Å². The van der Waals surface area contributed by atoms with Gasteiger partial charge >= 0.3 is 7.68 Å². The van der Waals surface area contributed by atoms with Crippen molar-refractivity contribution in [1.29, 1.82) is 0 Å². The number of rotatable bonds is 3. The maximum absolute atomic E-state index is 10.2. The van der Waals surface area contributed by atoms with Gasteiger partial charge in [-0.1, -0.05) is 0 Å². The van der Waals surface area contributed by atoms with Crippen molar-refractivity contribution in [2.45, 2.75) is 5.85 Å². The van der Waals surface area contributed by atoms with Gasteiger partial charge in [-0.25, -0.2) is 9.13 Å². The highest BCUT2D eigenvalue weighted by atomic mass is 31.1. The van der Waals surface area contributed by atoms with Gasteiger partial charge in [0.2, 0.25) is 5.85 Å². The molecule has 0 amide bonds. The summed E-state index contributed by atoms with van der Waals surface area (Å²) in [4.78, 5) is 10.2. The molecule has 0 bridgehead atoms. The molecule has 0 aromatic heterocycles. The standard InChI is InChI=1S/C3H6NO4P/c4-1-2(5)3(6)9(7)8/h3,6H,1,4H2. The molecule has 0 fully saturated rings. The minimum absolute atomic E-state index is 0.454. The highest BCUT2D eigenvalue weighted by Crippen LogP contribution is 2.10. The molecule has 5 nitrogen and oxygen atoms in total. The number of hydrogen-bond acceptors (Lipinski definition) is 5. The third-order valence-electron chi connectivity index (χ3n) is 0.689. The maximum Gasteiger partial charge on any atom is 0.352 e. The van der Waals surface area contributed by atoms with E-state index in [0.29, 0.717) is 0 Å². The predicted octanol–water partition coefficient (Wildman–Crippen LogP) is -0.995. The van der Waals surface area contributed by atoms with E-state index in [9.17, 15) is 13.9 Å². The van der Waals surface area contributed by atoms with Crippen LogP contribution in [0, 0.1) is 0 Å². The summed E-state index contributed by atoms with van der Waals surface area (Å²) in [5.41, 5.74) is 4.73. The number of aliphatic hydroxyl groups is 1. The van der Waals surface area contributed by atoms with Gasteiger partial charge in [-0.15, -0.1) is 0 Å². The Hall–Kier alpha value is -0.510. The lowest BCUT2D eigenvalue weighted by atomic mass is 10.4. The largest absolute Gasteiger partial charge is 0.371 e. The van der Waals surface area contributed by atoms with Crippen LogP contribution in [0.1, 0.15) is 0 Å². The predicted molar refractivity (Wildman–Crippen MR) is 28.4 cm³/mol. The molecule has 9 heavy (non-hydrogen) atoms. The van der Waals surface area contributed by atoms with Crippen LogP contribution in [0.4, 0.5) is 0 Å². The molecule has 3 N–H and O–H groups in total. The zero-order chi connectivity index (χ0) is 7.44. The quantitative estimate of drug-likeness (QED) is 0.504. The molecular formula is C3H6NO4P. The SMILES string of the molecule is NCC(=O)C(O)P(=O)=O. The lowest BCUT2D eigenvalue weighted by Gasteiger charge is -1.93. The van der Waals surface area contributed by atoms with E-state index >= 15 is 0 Å². The molecule has 0 aliphatic heterocycles. The summed E-state index contributed by atoms with van der Waals surface area (Å²) >= 11 is 0. The molecule has 0 saturated carbocycles. The third kappa shape index (κ3) is 2.51. The molecule has 0 aliphatic carbocycles. The van der Waals surface area contributed by atoms with Crippen LogP contribution in [0.5, 0.6) is 0 Å². The van der Waals surface area contributed by atoms with Gasteiger partial charge in [0.25, 0.3) is 0 Å². The van der Waals surface area contributed by atoms with Crippen molar-refractivity contribution >= 4 is 13.5 Å². The van der Waals surface area contributed by atoms with Gasteiger partial charge in [-0.2, -0.15) is 0 Å². The van der Waals surface area contributed by atoms with E-state index in [1.165, 1.54) is 0 Å². The Morgan fingerprint density at radius 2 is 2.11 bits per heavy atom. The summed E-state index contributed by atoms with van der Waals surface area (Å²) in [6.45, 7) is -0.454. The van der Waals surface area contributed by atoms with Crippen molar-refractivity contribution in [2.24, 2.45) is 5.73 Å². The molecule has 0 rings (SSSR count). The van der Waals surface area contributed by atoms with Crippen LogP contribution >= 0.6 is 7.68 Å². The van der Waals surface area contributed by atoms with E-state index < -0.39 is 25.9 Å². The van der Waals surface area contributed by atoms with Crippen molar-refractivity contribution < 1.29 is 19.0 Å². The molecule has 0 aromatic rings.